The molecule has 2 heterocycles. The van der Waals surface area contributed by atoms with Gasteiger partial charge in [-0.15, -0.1) is 0 Å². The van der Waals surface area contributed by atoms with Crippen molar-refractivity contribution in [3.8, 4) is 0 Å². The van der Waals surface area contributed by atoms with E-state index in [1.54, 1.807) is 7.05 Å². The van der Waals surface area contributed by atoms with E-state index in [-0.39, 0.29) is 17.5 Å². The number of amides is 1. The minimum absolute atomic E-state index is 0.0795. The van der Waals surface area contributed by atoms with Crippen LogP contribution in [0.4, 0.5) is 11.5 Å². The normalized spacial score (nSPS) is 18.2. The van der Waals surface area contributed by atoms with Crippen LogP contribution >= 0.6 is 0 Å². The Balaban J connectivity index is 2.43. The van der Waals surface area contributed by atoms with Crippen LogP contribution in [-0.2, 0) is 9.53 Å². The second-order valence-electron chi connectivity index (χ2n) is 4.95. The summed E-state index contributed by atoms with van der Waals surface area (Å²) < 4.78 is 4.78. The lowest BCUT2D eigenvalue weighted by Crippen LogP contribution is -2.49. The van der Waals surface area contributed by atoms with Crippen molar-refractivity contribution in [2.45, 2.75) is 25.3 Å². The summed E-state index contributed by atoms with van der Waals surface area (Å²) in [7, 11) is 2.91. The molecule has 1 aromatic heterocycles. The predicted octanol–water partition coefficient (Wildman–Crippen LogP) is 0.555. The Kier molecular flexibility index (Phi) is 4.62. The molecule has 0 aromatic carbocycles. The maximum Gasteiger partial charge on any atom is 0.341 e. The molecule has 0 spiro atoms. The number of hydrogen-bond acceptors (Lipinski definition) is 6. The van der Waals surface area contributed by atoms with Gasteiger partial charge in [0.15, 0.2) is 0 Å². The van der Waals surface area contributed by atoms with E-state index in [1.165, 1.54) is 19.4 Å². The standard InChI is InChI=1S/C14H20N4O3/c1-16-13(19)11-5-3-4-6-18(11)12-10(14(20)21-2)7-9(15)8-17-12/h7-8,11H,3-6,15H2,1-2H3,(H,16,19). The number of hydrogen-bond donors (Lipinski definition) is 2. The Bertz CT molecular complexity index is 547. The fourth-order valence-electron chi connectivity index (χ4n) is 2.59. The first-order valence-corrected chi connectivity index (χ1v) is 6.90. The lowest BCUT2D eigenvalue weighted by Gasteiger charge is -2.36. The van der Waals surface area contributed by atoms with E-state index in [2.05, 4.69) is 10.3 Å². The molecule has 1 aliphatic rings. The minimum atomic E-state index is -0.508. The second-order valence-corrected chi connectivity index (χ2v) is 4.95. The zero-order chi connectivity index (χ0) is 15.4. The molecule has 1 amide bonds. The number of nitrogens with two attached hydrogens (primary N) is 1. The zero-order valence-electron chi connectivity index (χ0n) is 12.3. The third-order valence-electron chi connectivity index (χ3n) is 3.62. The van der Waals surface area contributed by atoms with Crippen molar-refractivity contribution in [3.63, 3.8) is 0 Å². The third-order valence-corrected chi connectivity index (χ3v) is 3.62. The van der Waals surface area contributed by atoms with Gasteiger partial charge in [-0.2, -0.15) is 0 Å². The third kappa shape index (κ3) is 3.07. The first kappa shape index (κ1) is 15.1. The number of carbonyl (C=O) groups excluding carboxylic acids is 2. The van der Waals surface area contributed by atoms with E-state index >= 15 is 0 Å². The van der Waals surface area contributed by atoms with E-state index < -0.39 is 5.97 Å². The summed E-state index contributed by atoms with van der Waals surface area (Å²) in [5.74, 6) is -0.139. The quantitative estimate of drug-likeness (QED) is 0.790. The second kappa shape index (κ2) is 6.43. The Hall–Kier alpha value is -2.31. The van der Waals surface area contributed by atoms with Crippen LogP contribution in [0.5, 0.6) is 0 Å². The molecule has 7 nitrogen and oxygen atoms in total. The number of pyridine rings is 1. The van der Waals surface area contributed by atoms with Crippen molar-refractivity contribution in [3.05, 3.63) is 17.8 Å². The molecule has 0 saturated carbocycles. The molecule has 7 heteroatoms. The summed E-state index contributed by atoms with van der Waals surface area (Å²) >= 11 is 0. The van der Waals surface area contributed by atoms with Crippen LogP contribution in [0.25, 0.3) is 0 Å². The van der Waals surface area contributed by atoms with Gasteiger partial charge in [0, 0.05) is 13.6 Å². The Labute approximate surface area is 123 Å². The molecule has 114 valence electrons. The number of nitrogen functional groups attached to an aromatic ring is 1. The SMILES string of the molecule is CNC(=O)C1CCCCN1c1ncc(N)cc1C(=O)OC. The number of rotatable bonds is 3. The van der Waals surface area contributed by atoms with Crippen molar-refractivity contribution >= 4 is 23.4 Å². The van der Waals surface area contributed by atoms with Gasteiger partial charge in [0.2, 0.25) is 5.91 Å². The first-order valence-electron chi connectivity index (χ1n) is 6.90. The van der Waals surface area contributed by atoms with E-state index in [9.17, 15) is 9.59 Å². The summed E-state index contributed by atoms with van der Waals surface area (Å²) in [6, 6.07) is 1.20. The molecule has 1 aromatic rings. The molecule has 3 N–H and O–H groups in total. The Morgan fingerprint density at radius 1 is 1.48 bits per heavy atom. The highest BCUT2D eigenvalue weighted by molar-refractivity contribution is 5.97. The van der Waals surface area contributed by atoms with Gasteiger partial charge < -0.3 is 20.7 Å². The average Bonchev–Trinajstić information content (AvgIpc) is 2.53. The maximum absolute atomic E-state index is 12.0. The summed E-state index contributed by atoms with van der Waals surface area (Å²) in [5, 5.41) is 2.66. The van der Waals surface area contributed by atoms with Gasteiger partial charge in [0.05, 0.1) is 19.0 Å². The van der Waals surface area contributed by atoms with Crippen molar-refractivity contribution in [1.82, 2.24) is 10.3 Å². The molecular formula is C14H20N4O3. The van der Waals surface area contributed by atoms with Crippen molar-refractivity contribution in [1.29, 1.82) is 0 Å². The summed E-state index contributed by atoms with van der Waals surface area (Å²) in [6.45, 7) is 0.666. The maximum atomic E-state index is 12.0. The Morgan fingerprint density at radius 3 is 2.90 bits per heavy atom. The zero-order valence-corrected chi connectivity index (χ0v) is 12.3. The largest absolute Gasteiger partial charge is 0.465 e. The number of nitrogens with one attached hydrogen (secondary N) is 1. The van der Waals surface area contributed by atoms with Gasteiger partial charge in [0.25, 0.3) is 0 Å². The van der Waals surface area contributed by atoms with Crippen LogP contribution in [0.3, 0.4) is 0 Å². The van der Waals surface area contributed by atoms with E-state index in [0.29, 0.717) is 18.1 Å². The Morgan fingerprint density at radius 2 is 2.24 bits per heavy atom. The molecule has 0 aliphatic carbocycles. The highest BCUT2D eigenvalue weighted by atomic mass is 16.5. The van der Waals surface area contributed by atoms with Crippen LogP contribution in [0.1, 0.15) is 29.6 Å². The van der Waals surface area contributed by atoms with Crippen LogP contribution in [0, 0.1) is 0 Å². The van der Waals surface area contributed by atoms with Crippen LogP contribution in [-0.4, -0.2) is 43.6 Å². The lowest BCUT2D eigenvalue weighted by molar-refractivity contribution is -0.122. The highest BCUT2D eigenvalue weighted by Crippen LogP contribution is 2.28. The summed E-state index contributed by atoms with van der Waals surface area (Å²) in [6.07, 6.45) is 4.13. The average molecular weight is 292 g/mol. The molecule has 1 fully saturated rings. The minimum Gasteiger partial charge on any atom is -0.465 e. The molecule has 2 rings (SSSR count). The lowest BCUT2D eigenvalue weighted by atomic mass is 10.0. The van der Waals surface area contributed by atoms with Crippen LogP contribution in [0.2, 0.25) is 0 Å². The van der Waals surface area contributed by atoms with Gasteiger partial charge >= 0.3 is 5.97 Å². The van der Waals surface area contributed by atoms with E-state index in [0.717, 1.165) is 19.3 Å². The number of aromatic nitrogens is 1. The number of ether oxygens (including phenoxy) is 1. The molecular weight excluding hydrogens is 272 g/mol. The molecule has 1 aliphatic heterocycles. The molecule has 0 bridgehead atoms. The number of nitrogens with zero attached hydrogens (tertiary/aromatic N) is 2. The topological polar surface area (TPSA) is 97.5 Å². The first-order chi connectivity index (χ1) is 10.1. The van der Waals surface area contributed by atoms with Gasteiger partial charge in [0.1, 0.15) is 17.4 Å². The van der Waals surface area contributed by atoms with Gasteiger partial charge in [-0.25, -0.2) is 9.78 Å². The highest BCUT2D eigenvalue weighted by Gasteiger charge is 2.31. The van der Waals surface area contributed by atoms with Crippen LogP contribution in [0.15, 0.2) is 12.3 Å². The van der Waals surface area contributed by atoms with E-state index in [1.807, 2.05) is 4.90 Å². The van der Waals surface area contributed by atoms with Gasteiger partial charge in [-0.1, -0.05) is 0 Å². The summed E-state index contributed by atoms with van der Waals surface area (Å²) in [5.41, 5.74) is 6.37. The molecule has 1 unspecified atom stereocenters. The molecule has 21 heavy (non-hydrogen) atoms. The van der Waals surface area contributed by atoms with Crippen molar-refractivity contribution < 1.29 is 14.3 Å². The number of anilines is 2. The van der Waals surface area contributed by atoms with Gasteiger partial charge in [-0.3, -0.25) is 4.79 Å². The molecule has 0 radical (unpaired) electrons. The number of likely N-dealkylation sites (N-methyl/N-ethyl adjacent to an activating group) is 1. The number of piperidine rings is 1. The smallest absolute Gasteiger partial charge is 0.341 e. The fourth-order valence-corrected chi connectivity index (χ4v) is 2.59. The fraction of sp³-hybridized carbons (Fsp3) is 0.500. The summed E-state index contributed by atoms with van der Waals surface area (Å²) in [4.78, 5) is 30.1. The van der Waals surface area contributed by atoms with Crippen LogP contribution < -0.4 is 16.0 Å². The molecule has 1 saturated heterocycles. The van der Waals surface area contributed by atoms with Crippen molar-refractivity contribution in [2.24, 2.45) is 0 Å². The predicted molar refractivity (Wildman–Crippen MR) is 79.0 cm³/mol. The molecule has 1 atom stereocenters. The van der Waals surface area contributed by atoms with E-state index in [4.69, 9.17) is 10.5 Å². The van der Waals surface area contributed by atoms with Crippen molar-refractivity contribution in [2.75, 3.05) is 31.3 Å². The number of esters is 1. The monoisotopic (exact) mass is 292 g/mol. The number of carbonyl (C=O) groups is 2. The van der Waals surface area contributed by atoms with Gasteiger partial charge in [-0.05, 0) is 25.3 Å². The number of methoxy groups -OCH3 is 1.